The van der Waals surface area contributed by atoms with Crippen LogP contribution >= 0.6 is 0 Å². The molecule has 0 amide bonds. The molecule has 30 heavy (non-hydrogen) atoms. The lowest BCUT2D eigenvalue weighted by atomic mass is 10.2. The predicted molar refractivity (Wildman–Crippen MR) is 101 cm³/mol. The summed E-state index contributed by atoms with van der Waals surface area (Å²) >= 11 is 0. The van der Waals surface area contributed by atoms with Gasteiger partial charge in [-0.05, 0) is 50.2 Å². The summed E-state index contributed by atoms with van der Waals surface area (Å²) in [5, 5.41) is 6.49. The summed E-state index contributed by atoms with van der Waals surface area (Å²) in [6.07, 6.45) is -4.17. The fourth-order valence-corrected chi connectivity index (χ4v) is 3.37. The molecule has 2 N–H and O–H groups in total. The number of carbonyl (C=O) groups is 1. The topological polar surface area (TPSA) is 114 Å². The molecule has 0 fully saturated rings. The number of anilines is 3. The Hall–Kier alpha value is -3.41. The maximum absolute atomic E-state index is 12.5. The molecule has 1 aromatic carbocycles. The van der Waals surface area contributed by atoms with E-state index in [0.29, 0.717) is 16.9 Å². The van der Waals surface area contributed by atoms with Crippen molar-refractivity contribution in [1.82, 2.24) is 10.1 Å². The Morgan fingerprint density at radius 2 is 1.73 bits per heavy atom. The van der Waals surface area contributed by atoms with Crippen molar-refractivity contribution < 1.29 is 30.9 Å². The number of nitrogens with zero attached hydrogens (tertiary/aromatic N) is 2. The monoisotopic (exact) mass is 440 g/mol. The molecular weight excluding hydrogens is 425 g/mol. The lowest BCUT2D eigenvalue weighted by molar-refractivity contribution is -0.0885. The zero-order valence-electron chi connectivity index (χ0n) is 15.6. The number of pyridine rings is 1. The first-order valence-electron chi connectivity index (χ1n) is 8.38. The second-order valence-corrected chi connectivity index (χ2v) is 7.92. The minimum Gasteiger partial charge on any atom is -0.340 e. The van der Waals surface area contributed by atoms with Crippen LogP contribution < -0.4 is 10.0 Å². The number of alkyl halides is 3. The van der Waals surface area contributed by atoms with E-state index in [2.05, 4.69) is 20.2 Å². The normalized spacial score (nSPS) is 11.9. The summed E-state index contributed by atoms with van der Waals surface area (Å²) < 4.78 is 69.4. The average molecular weight is 440 g/mol. The SMILES string of the molecule is Cc1noc(NS(=O)(=O)c2ccc(Nc3ccc(C(=O)C(F)(F)F)cn3)cc2)c1C. The molecule has 0 saturated heterocycles. The molecule has 158 valence electrons. The van der Waals surface area contributed by atoms with Crippen LogP contribution in [0.5, 0.6) is 0 Å². The van der Waals surface area contributed by atoms with Gasteiger partial charge in [0, 0.05) is 23.0 Å². The Bertz CT molecular complexity index is 1170. The highest BCUT2D eigenvalue weighted by molar-refractivity contribution is 7.92. The van der Waals surface area contributed by atoms with E-state index in [9.17, 15) is 26.4 Å². The number of hydrogen-bond donors (Lipinski definition) is 2. The Balaban J connectivity index is 1.71. The van der Waals surface area contributed by atoms with Gasteiger partial charge in [0.15, 0.2) is 0 Å². The number of halogens is 3. The number of benzene rings is 1. The van der Waals surface area contributed by atoms with Crippen LogP contribution in [0.1, 0.15) is 21.6 Å². The summed E-state index contributed by atoms with van der Waals surface area (Å²) in [5.41, 5.74) is 0.972. The van der Waals surface area contributed by atoms with E-state index in [0.717, 1.165) is 12.3 Å². The maximum atomic E-state index is 12.5. The molecule has 2 aromatic heterocycles. The maximum Gasteiger partial charge on any atom is 0.454 e. The predicted octanol–water partition coefficient (Wildman–Crippen LogP) is 3.98. The van der Waals surface area contributed by atoms with Gasteiger partial charge in [0.2, 0.25) is 5.88 Å². The van der Waals surface area contributed by atoms with E-state index in [1.54, 1.807) is 13.8 Å². The van der Waals surface area contributed by atoms with Crippen LogP contribution in [0, 0.1) is 13.8 Å². The van der Waals surface area contributed by atoms with Crippen LogP contribution in [0.4, 0.5) is 30.6 Å². The van der Waals surface area contributed by atoms with Crippen LogP contribution in [-0.2, 0) is 10.0 Å². The lowest BCUT2D eigenvalue weighted by Crippen LogP contribution is -2.22. The first-order valence-corrected chi connectivity index (χ1v) is 9.86. The highest BCUT2D eigenvalue weighted by atomic mass is 32.2. The highest BCUT2D eigenvalue weighted by Crippen LogP contribution is 2.24. The molecule has 2 heterocycles. The summed E-state index contributed by atoms with van der Waals surface area (Å²) in [6.45, 7) is 3.34. The molecule has 0 radical (unpaired) electrons. The van der Waals surface area contributed by atoms with E-state index in [1.165, 1.54) is 30.3 Å². The van der Waals surface area contributed by atoms with Crippen LogP contribution in [-0.4, -0.2) is 30.5 Å². The van der Waals surface area contributed by atoms with Crippen LogP contribution in [0.2, 0.25) is 0 Å². The Kier molecular flexibility index (Phi) is 5.53. The highest BCUT2D eigenvalue weighted by Gasteiger charge is 2.39. The molecule has 0 atom stereocenters. The van der Waals surface area contributed by atoms with Crippen LogP contribution in [0.25, 0.3) is 0 Å². The third-order valence-corrected chi connectivity index (χ3v) is 5.45. The van der Waals surface area contributed by atoms with E-state index >= 15 is 0 Å². The van der Waals surface area contributed by atoms with E-state index in [-0.39, 0.29) is 16.6 Å². The fourth-order valence-electron chi connectivity index (χ4n) is 2.32. The molecule has 3 rings (SSSR count). The first-order chi connectivity index (χ1) is 14.0. The van der Waals surface area contributed by atoms with Crippen molar-refractivity contribution >= 4 is 33.2 Å². The number of nitrogens with one attached hydrogen (secondary N) is 2. The van der Waals surface area contributed by atoms with Gasteiger partial charge in [-0.3, -0.25) is 4.79 Å². The third kappa shape index (κ3) is 4.59. The number of ketones is 1. The van der Waals surface area contributed by atoms with Crippen molar-refractivity contribution in [1.29, 1.82) is 0 Å². The largest absolute Gasteiger partial charge is 0.454 e. The molecule has 3 aromatic rings. The van der Waals surface area contributed by atoms with Gasteiger partial charge < -0.3 is 9.84 Å². The van der Waals surface area contributed by atoms with Crippen molar-refractivity contribution in [3.05, 3.63) is 59.4 Å². The van der Waals surface area contributed by atoms with E-state index in [1.807, 2.05) is 0 Å². The number of sulfonamides is 1. The second-order valence-electron chi connectivity index (χ2n) is 6.24. The third-order valence-electron chi connectivity index (χ3n) is 4.10. The van der Waals surface area contributed by atoms with E-state index < -0.39 is 27.5 Å². The zero-order chi connectivity index (χ0) is 22.1. The van der Waals surface area contributed by atoms with Gasteiger partial charge in [0.05, 0.1) is 10.6 Å². The number of aryl methyl sites for hydroxylation is 1. The van der Waals surface area contributed by atoms with Gasteiger partial charge in [-0.2, -0.15) is 13.2 Å². The van der Waals surface area contributed by atoms with Crippen LogP contribution in [0.15, 0.2) is 52.0 Å². The molecule has 8 nitrogen and oxygen atoms in total. The fraction of sp³-hybridized carbons (Fsp3) is 0.167. The van der Waals surface area contributed by atoms with Crippen molar-refractivity contribution in [2.24, 2.45) is 0 Å². The molecular formula is C18H15F3N4O4S. The van der Waals surface area contributed by atoms with Gasteiger partial charge in [-0.15, -0.1) is 0 Å². The van der Waals surface area contributed by atoms with Crippen molar-refractivity contribution in [2.45, 2.75) is 24.9 Å². The standard InChI is InChI=1S/C18H15F3N4O4S/c1-10-11(2)24-29-17(10)25-30(27,28)14-6-4-13(5-7-14)23-15-8-3-12(9-22-15)16(26)18(19,20)21/h3-9,25H,1-2H3,(H,22,23). The van der Waals surface area contributed by atoms with Crippen molar-refractivity contribution in [2.75, 3.05) is 10.0 Å². The minimum atomic E-state index is -4.98. The Morgan fingerprint density at radius 3 is 2.23 bits per heavy atom. The first kappa shape index (κ1) is 21.3. The summed E-state index contributed by atoms with van der Waals surface area (Å²) in [4.78, 5) is 14.9. The summed E-state index contributed by atoms with van der Waals surface area (Å²) in [5.74, 6) is -1.79. The molecule has 0 bridgehead atoms. The molecule has 0 aliphatic heterocycles. The smallest absolute Gasteiger partial charge is 0.340 e. The van der Waals surface area contributed by atoms with E-state index in [4.69, 9.17) is 4.52 Å². The second kappa shape index (κ2) is 7.78. The Morgan fingerprint density at radius 1 is 1.07 bits per heavy atom. The minimum absolute atomic E-state index is 0.0207. The number of Topliss-reactive ketones (excluding diaryl/α,β-unsaturated/α-hetero) is 1. The van der Waals surface area contributed by atoms with Gasteiger partial charge in [0.1, 0.15) is 5.82 Å². The molecule has 0 aliphatic carbocycles. The van der Waals surface area contributed by atoms with Gasteiger partial charge in [0.25, 0.3) is 15.8 Å². The summed E-state index contributed by atoms with van der Waals surface area (Å²) in [7, 11) is -3.91. The number of rotatable bonds is 6. The number of carbonyl (C=O) groups excluding carboxylic acids is 1. The van der Waals surface area contributed by atoms with Crippen molar-refractivity contribution in [3.8, 4) is 0 Å². The number of aromatic nitrogens is 2. The zero-order valence-corrected chi connectivity index (χ0v) is 16.4. The van der Waals surface area contributed by atoms with Gasteiger partial charge in [-0.1, -0.05) is 5.16 Å². The molecule has 0 spiro atoms. The average Bonchev–Trinajstić information content (AvgIpc) is 2.99. The molecule has 0 saturated carbocycles. The van der Waals surface area contributed by atoms with Crippen molar-refractivity contribution in [3.63, 3.8) is 0 Å². The molecule has 0 aliphatic rings. The lowest BCUT2D eigenvalue weighted by Gasteiger charge is -2.09. The van der Waals surface area contributed by atoms with Crippen LogP contribution in [0.3, 0.4) is 0 Å². The Labute approximate surface area is 169 Å². The molecule has 0 unspecified atom stereocenters. The molecule has 12 heteroatoms. The van der Waals surface area contributed by atoms with Gasteiger partial charge in [-0.25, -0.2) is 18.1 Å². The number of hydrogen-bond acceptors (Lipinski definition) is 7. The summed E-state index contributed by atoms with van der Waals surface area (Å²) in [6, 6.07) is 7.75. The quantitative estimate of drug-likeness (QED) is 0.558. The van der Waals surface area contributed by atoms with Gasteiger partial charge >= 0.3 is 6.18 Å².